The number of allylic oxidation sites excluding steroid dienone is 1. The molecular weight excluding hydrogens is 202 g/mol. The summed E-state index contributed by atoms with van der Waals surface area (Å²) in [4.78, 5) is 0. The second-order valence-corrected chi connectivity index (χ2v) is 4.51. The maximum atomic E-state index is 9.92. The van der Waals surface area contributed by atoms with Crippen LogP contribution >= 0.6 is 0 Å². The third-order valence-corrected chi connectivity index (χ3v) is 3.34. The monoisotopic (exact) mass is 227 g/mol. The summed E-state index contributed by atoms with van der Waals surface area (Å²) in [6.07, 6.45) is 8.15. The van der Waals surface area contributed by atoms with Gasteiger partial charge in [-0.05, 0) is 24.8 Å². The summed E-state index contributed by atoms with van der Waals surface area (Å²) in [5.41, 5.74) is 0. The molecule has 0 aliphatic carbocycles. The lowest BCUT2D eigenvalue weighted by molar-refractivity contribution is 0.0870. The molecule has 16 heavy (non-hydrogen) atoms. The summed E-state index contributed by atoms with van der Waals surface area (Å²) >= 11 is 0. The molecule has 0 saturated carbocycles. The highest BCUT2D eigenvalue weighted by molar-refractivity contribution is 4.83. The average Bonchev–Trinajstić information content (AvgIpc) is 2.32. The molecule has 2 unspecified atom stereocenters. The minimum absolute atomic E-state index is 0.228. The Morgan fingerprint density at radius 3 is 2.75 bits per heavy atom. The molecule has 3 heteroatoms. The van der Waals surface area contributed by atoms with E-state index in [9.17, 15) is 5.11 Å². The summed E-state index contributed by atoms with van der Waals surface area (Å²) in [5, 5.41) is 13.2. The zero-order valence-corrected chi connectivity index (χ0v) is 10.5. The molecule has 0 aromatic heterocycles. The van der Waals surface area contributed by atoms with Crippen LogP contribution in [-0.2, 0) is 4.74 Å². The van der Waals surface area contributed by atoms with Crippen molar-refractivity contribution in [2.24, 2.45) is 5.92 Å². The third-order valence-electron chi connectivity index (χ3n) is 3.34. The lowest BCUT2D eigenvalue weighted by Crippen LogP contribution is -2.37. The SMILES string of the molecule is CCC(CC)C(O)CNCC1CCC=CO1. The molecule has 0 bridgehead atoms. The number of ether oxygens (including phenoxy) is 1. The zero-order valence-electron chi connectivity index (χ0n) is 10.5. The second kappa shape index (κ2) is 7.69. The van der Waals surface area contributed by atoms with E-state index in [0.29, 0.717) is 12.5 Å². The highest BCUT2D eigenvalue weighted by Gasteiger charge is 2.16. The molecule has 2 N–H and O–H groups in total. The quantitative estimate of drug-likeness (QED) is 0.699. The molecule has 3 nitrogen and oxygen atoms in total. The molecule has 2 atom stereocenters. The van der Waals surface area contributed by atoms with Crippen molar-refractivity contribution in [2.75, 3.05) is 13.1 Å². The Morgan fingerprint density at radius 2 is 2.19 bits per heavy atom. The van der Waals surface area contributed by atoms with Gasteiger partial charge in [0.1, 0.15) is 6.10 Å². The number of hydrogen-bond acceptors (Lipinski definition) is 3. The molecule has 0 aromatic rings. The first-order chi connectivity index (χ1) is 7.77. The maximum Gasteiger partial charge on any atom is 0.110 e. The van der Waals surface area contributed by atoms with E-state index in [0.717, 1.165) is 32.2 Å². The third kappa shape index (κ3) is 4.54. The highest BCUT2D eigenvalue weighted by atomic mass is 16.5. The number of rotatable bonds is 7. The van der Waals surface area contributed by atoms with Crippen LogP contribution in [0.25, 0.3) is 0 Å². The normalized spacial score (nSPS) is 22.1. The van der Waals surface area contributed by atoms with Gasteiger partial charge >= 0.3 is 0 Å². The fourth-order valence-corrected chi connectivity index (χ4v) is 2.13. The Labute approximate surface area is 98.9 Å². The Hall–Kier alpha value is -0.540. The van der Waals surface area contributed by atoms with Crippen molar-refractivity contribution in [2.45, 2.75) is 51.7 Å². The van der Waals surface area contributed by atoms with Gasteiger partial charge in [-0.2, -0.15) is 0 Å². The minimum atomic E-state index is -0.228. The summed E-state index contributed by atoms with van der Waals surface area (Å²) in [6.45, 7) is 5.77. The number of aliphatic hydroxyl groups excluding tert-OH is 1. The van der Waals surface area contributed by atoms with Crippen molar-refractivity contribution in [3.63, 3.8) is 0 Å². The van der Waals surface area contributed by atoms with E-state index in [1.54, 1.807) is 6.26 Å². The van der Waals surface area contributed by atoms with Crippen LogP contribution in [0.5, 0.6) is 0 Å². The largest absolute Gasteiger partial charge is 0.497 e. The van der Waals surface area contributed by atoms with Crippen LogP contribution in [0.1, 0.15) is 39.5 Å². The van der Waals surface area contributed by atoms with E-state index >= 15 is 0 Å². The van der Waals surface area contributed by atoms with E-state index in [4.69, 9.17) is 4.74 Å². The smallest absolute Gasteiger partial charge is 0.110 e. The first-order valence-electron chi connectivity index (χ1n) is 6.47. The molecule has 1 rings (SSSR count). The zero-order chi connectivity index (χ0) is 11.8. The molecule has 1 aliphatic heterocycles. The molecule has 1 aliphatic rings. The van der Waals surface area contributed by atoms with Gasteiger partial charge in [0.25, 0.3) is 0 Å². The molecule has 0 spiro atoms. The van der Waals surface area contributed by atoms with Crippen LogP contribution in [0.4, 0.5) is 0 Å². The van der Waals surface area contributed by atoms with Gasteiger partial charge in [0.05, 0.1) is 12.4 Å². The lowest BCUT2D eigenvalue weighted by atomic mass is 9.96. The van der Waals surface area contributed by atoms with E-state index < -0.39 is 0 Å². The number of nitrogens with one attached hydrogen (secondary N) is 1. The van der Waals surface area contributed by atoms with Gasteiger partial charge in [-0.3, -0.25) is 0 Å². The molecular formula is C13H25NO2. The maximum absolute atomic E-state index is 9.92. The van der Waals surface area contributed by atoms with Gasteiger partial charge in [0, 0.05) is 13.1 Å². The second-order valence-electron chi connectivity index (χ2n) is 4.51. The molecule has 0 fully saturated rings. The van der Waals surface area contributed by atoms with Crippen LogP contribution < -0.4 is 5.32 Å². The predicted molar refractivity (Wildman–Crippen MR) is 66.2 cm³/mol. The number of hydrogen-bond donors (Lipinski definition) is 2. The fourth-order valence-electron chi connectivity index (χ4n) is 2.13. The highest BCUT2D eigenvalue weighted by Crippen LogP contribution is 2.13. The van der Waals surface area contributed by atoms with E-state index in [1.807, 2.05) is 0 Å². The van der Waals surface area contributed by atoms with E-state index in [-0.39, 0.29) is 12.2 Å². The van der Waals surface area contributed by atoms with Crippen molar-refractivity contribution in [1.29, 1.82) is 0 Å². The van der Waals surface area contributed by atoms with Crippen molar-refractivity contribution in [3.8, 4) is 0 Å². The lowest BCUT2D eigenvalue weighted by Gasteiger charge is -2.23. The van der Waals surface area contributed by atoms with Crippen LogP contribution in [0.2, 0.25) is 0 Å². The summed E-state index contributed by atoms with van der Waals surface area (Å²) in [5.74, 6) is 0.416. The van der Waals surface area contributed by atoms with Crippen LogP contribution in [0.15, 0.2) is 12.3 Å². The molecule has 0 amide bonds. The summed E-state index contributed by atoms with van der Waals surface area (Å²) in [7, 11) is 0. The molecule has 1 heterocycles. The van der Waals surface area contributed by atoms with Gasteiger partial charge in [0.2, 0.25) is 0 Å². The Balaban J connectivity index is 2.11. The van der Waals surface area contributed by atoms with E-state index in [2.05, 4.69) is 25.2 Å². The average molecular weight is 227 g/mol. The Kier molecular flexibility index (Phi) is 6.50. The standard InChI is InChI=1S/C13H25NO2/c1-3-11(4-2)13(15)10-14-9-12-7-5-6-8-16-12/h6,8,11-15H,3-5,7,9-10H2,1-2H3. The van der Waals surface area contributed by atoms with Gasteiger partial charge in [-0.1, -0.05) is 26.7 Å². The van der Waals surface area contributed by atoms with Gasteiger partial charge in [-0.15, -0.1) is 0 Å². The first kappa shape index (κ1) is 13.5. The molecule has 0 saturated heterocycles. The van der Waals surface area contributed by atoms with Crippen LogP contribution in [-0.4, -0.2) is 30.4 Å². The Morgan fingerprint density at radius 1 is 1.44 bits per heavy atom. The fraction of sp³-hybridized carbons (Fsp3) is 0.846. The van der Waals surface area contributed by atoms with Gasteiger partial charge in [-0.25, -0.2) is 0 Å². The van der Waals surface area contributed by atoms with Gasteiger partial charge < -0.3 is 15.2 Å². The molecule has 0 radical (unpaired) electrons. The molecule has 0 aromatic carbocycles. The van der Waals surface area contributed by atoms with Crippen molar-refractivity contribution < 1.29 is 9.84 Å². The van der Waals surface area contributed by atoms with Gasteiger partial charge in [0.15, 0.2) is 0 Å². The summed E-state index contributed by atoms with van der Waals surface area (Å²) < 4.78 is 5.45. The first-order valence-corrected chi connectivity index (χ1v) is 6.47. The van der Waals surface area contributed by atoms with E-state index in [1.165, 1.54) is 0 Å². The molecule has 94 valence electrons. The van der Waals surface area contributed by atoms with Crippen molar-refractivity contribution in [3.05, 3.63) is 12.3 Å². The van der Waals surface area contributed by atoms with Crippen LogP contribution in [0.3, 0.4) is 0 Å². The summed E-state index contributed by atoms with van der Waals surface area (Å²) in [6, 6.07) is 0. The van der Waals surface area contributed by atoms with Crippen molar-refractivity contribution >= 4 is 0 Å². The Bertz CT molecular complexity index is 202. The predicted octanol–water partition coefficient (Wildman–Crippen LogP) is 2.07. The minimum Gasteiger partial charge on any atom is -0.497 e. The van der Waals surface area contributed by atoms with Crippen LogP contribution in [0, 0.1) is 5.92 Å². The topological polar surface area (TPSA) is 41.5 Å². The number of aliphatic hydroxyl groups is 1. The van der Waals surface area contributed by atoms with Crippen molar-refractivity contribution in [1.82, 2.24) is 5.32 Å².